The van der Waals surface area contributed by atoms with Crippen molar-refractivity contribution in [3.05, 3.63) is 35.9 Å². The molecule has 1 aromatic carbocycles. The second-order valence-electron chi connectivity index (χ2n) is 4.93. The van der Waals surface area contributed by atoms with Crippen LogP contribution in [0, 0.1) is 11.3 Å². The van der Waals surface area contributed by atoms with Gasteiger partial charge in [-0.05, 0) is 46.2 Å². The Balaban J connectivity index is 2.59. The molecule has 0 radical (unpaired) electrons. The van der Waals surface area contributed by atoms with Crippen LogP contribution < -0.4 is 0 Å². The Morgan fingerprint density at radius 1 is 1.11 bits per heavy atom. The number of hydrogen-bond donors (Lipinski definition) is 0. The van der Waals surface area contributed by atoms with Gasteiger partial charge in [0.1, 0.15) is 0 Å². The Bertz CT molecular complexity index is 367. The molecule has 0 bridgehead atoms. The van der Waals surface area contributed by atoms with Gasteiger partial charge >= 0.3 is 0 Å². The minimum atomic E-state index is 0.207. The smallest absolute Gasteiger partial charge is 0.0641 e. The van der Waals surface area contributed by atoms with Gasteiger partial charge in [0.05, 0.1) is 12.5 Å². The lowest BCUT2D eigenvalue weighted by Gasteiger charge is -2.27. The Hall–Kier alpha value is -1.37. The van der Waals surface area contributed by atoms with Crippen molar-refractivity contribution < 1.29 is 0 Å². The second kappa shape index (κ2) is 7.86. The predicted molar refractivity (Wildman–Crippen MR) is 75.2 cm³/mol. The van der Waals surface area contributed by atoms with Crippen molar-refractivity contribution >= 4 is 0 Å². The normalized spacial score (nSPS) is 12.7. The van der Waals surface area contributed by atoms with Gasteiger partial charge in [0, 0.05) is 6.04 Å². The highest BCUT2D eigenvalue weighted by Gasteiger charge is 2.15. The molecule has 18 heavy (non-hydrogen) atoms. The topological polar surface area (TPSA) is 30.3 Å². The van der Waals surface area contributed by atoms with Gasteiger partial charge in [-0.25, -0.2) is 0 Å². The molecule has 0 aliphatic heterocycles. The molecule has 0 aromatic heterocycles. The van der Waals surface area contributed by atoms with Gasteiger partial charge in [0.25, 0.3) is 0 Å². The third-order valence-electron chi connectivity index (χ3n) is 3.12. The Kier molecular flexibility index (Phi) is 6.42. The molecular weight excluding hydrogens is 222 g/mol. The van der Waals surface area contributed by atoms with Crippen LogP contribution in [0.5, 0.6) is 0 Å². The van der Waals surface area contributed by atoms with Crippen LogP contribution in [-0.4, -0.2) is 44.0 Å². The van der Waals surface area contributed by atoms with E-state index in [4.69, 9.17) is 5.26 Å². The average molecular weight is 245 g/mol. The molecule has 0 spiro atoms. The van der Waals surface area contributed by atoms with E-state index in [1.54, 1.807) is 0 Å². The van der Waals surface area contributed by atoms with Crippen LogP contribution in [0.1, 0.15) is 24.4 Å². The molecule has 0 fully saturated rings. The third-order valence-corrected chi connectivity index (χ3v) is 3.12. The van der Waals surface area contributed by atoms with E-state index >= 15 is 0 Å². The van der Waals surface area contributed by atoms with E-state index in [-0.39, 0.29) is 6.04 Å². The minimum absolute atomic E-state index is 0.207. The van der Waals surface area contributed by atoms with E-state index in [0.717, 1.165) is 19.5 Å². The maximum absolute atomic E-state index is 8.98. The molecule has 3 heteroatoms. The molecule has 1 aromatic rings. The summed E-state index contributed by atoms with van der Waals surface area (Å²) in [6, 6.07) is 12.8. The maximum Gasteiger partial charge on any atom is 0.0641 e. The molecule has 1 atom stereocenters. The highest BCUT2D eigenvalue weighted by Crippen LogP contribution is 2.22. The predicted octanol–water partition coefficient (Wildman–Crippen LogP) is 2.52. The zero-order valence-electron chi connectivity index (χ0n) is 11.6. The average Bonchev–Trinajstić information content (AvgIpc) is 2.36. The van der Waals surface area contributed by atoms with E-state index in [0.29, 0.717) is 6.42 Å². The number of nitrogens with zero attached hydrogens (tertiary/aromatic N) is 3. The first-order valence-electron chi connectivity index (χ1n) is 6.42. The Labute approximate surface area is 111 Å². The molecule has 1 unspecified atom stereocenters. The van der Waals surface area contributed by atoms with Crippen LogP contribution in [0.4, 0.5) is 0 Å². The monoisotopic (exact) mass is 245 g/mol. The first kappa shape index (κ1) is 14.7. The van der Waals surface area contributed by atoms with Crippen molar-refractivity contribution in [1.82, 2.24) is 9.80 Å². The van der Waals surface area contributed by atoms with Crippen LogP contribution >= 0.6 is 0 Å². The summed E-state index contributed by atoms with van der Waals surface area (Å²) in [5.74, 6) is 0. The van der Waals surface area contributed by atoms with Crippen LogP contribution in [0.25, 0.3) is 0 Å². The molecule has 0 aliphatic carbocycles. The molecule has 0 amide bonds. The van der Waals surface area contributed by atoms with E-state index in [1.165, 1.54) is 5.56 Å². The number of rotatable bonds is 7. The fraction of sp³-hybridized carbons (Fsp3) is 0.533. The van der Waals surface area contributed by atoms with Crippen LogP contribution in [-0.2, 0) is 0 Å². The summed E-state index contributed by atoms with van der Waals surface area (Å²) < 4.78 is 0. The van der Waals surface area contributed by atoms with Gasteiger partial charge in [0.15, 0.2) is 0 Å². The van der Waals surface area contributed by atoms with Crippen LogP contribution in [0.2, 0.25) is 0 Å². The second-order valence-corrected chi connectivity index (χ2v) is 4.93. The molecule has 0 heterocycles. The summed E-state index contributed by atoms with van der Waals surface area (Å²) in [4.78, 5) is 4.47. The molecule has 0 N–H and O–H groups in total. The molecule has 3 nitrogen and oxygen atoms in total. The molecular formula is C15H23N3. The van der Waals surface area contributed by atoms with E-state index in [2.05, 4.69) is 49.1 Å². The van der Waals surface area contributed by atoms with Crippen LogP contribution in [0.3, 0.4) is 0 Å². The first-order chi connectivity index (χ1) is 8.65. The van der Waals surface area contributed by atoms with Crippen LogP contribution in [0.15, 0.2) is 30.3 Å². The molecule has 0 aliphatic rings. The largest absolute Gasteiger partial charge is 0.309 e. The standard InChI is InChI=1S/C15H23N3/c1-17(2)12-7-13-18(3)15(10-11-16)14-8-5-4-6-9-14/h4-6,8-9,15H,7,10,12-13H2,1-3H3. The van der Waals surface area contributed by atoms with Gasteiger partial charge in [0.2, 0.25) is 0 Å². The van der Waals surface area contributed by atoms with E-state index in [9.17, 15) is 0 Å². The summed E-state index contributed by atoms with van der Waals surface area (Å²) in [6.07, 6.45) is 1.67. The summed E-state index contributed by atoms with van der Waals surface area (Å²) in [5.41, 5.74) is 1.23. The van der Waals surface area contributed by atoms with Gasteiger partial charge in [-0.1, -0.05) is 30.3 Å². The van der Waals surface area contributed by atoms with Crippen molar-refractivity contribution in [2.75, 3.05) is 34.2 Å². The zero-order chi connectivity index (χ0) is 13.4. The summed E-state index contributed by atoms with van der Waals surface area (Å²) in [6.45, 7) is 2.10. The zero-order valence-corrected chi connectivity index (χ0v) is 11.6. The fourth-order valence-corrected chi connectivity index (χ4v) is 2.08. The van der Waals surface area contributed by atoms with Gasteiger partial charge in [-0.3, -0.25) is 4.90 Å². The third kappa shape index (κ3) is 4.87. The van der Waals surface area contributed by atoms with Gasteiger partial charge in [-0.2, -0.15) is 5.26 Å². The van der Waals surface area contributed by atoms with Crippen molar-refractivity contribution in [2.24, 2.45) is 0 Å². The Morgan fingerprint density at radius 2 is 1.78 bits per heavy atom. The quantitative estimate of drug-likeness (QED) is 0.739. The van der Waals surface area contributed by atoms with Crippen molar-refractivity contribution in [3.8, 4) is 6.07 Å². The van der Waals surface area contributed by atoms with Crippen molar-refractivity contribution in [1.29, 1.82) is 5.26 Å². The highest BCUT2D eigenvalue weighted by atomic mass is 15.1. The Morgan fingerprint density at radius 3 is 2.33 bits per heavy atom. The van der Waals surface area contributed by atoms with Gasteiger partial charge < -0.3 is 4.90 Å². The minimum Gasteiger partial charge on any atom is -0.309 e. The lowest BCUT2D eigenvalue weighted by Crippen LogP contribution is -2.27. The summed E-state index contributed by atoms with van der Waals surface area (Å²) >= 11 is 0. The molecule has 0 saturated carbocycles. The van der Waals surface area contributed by atoms with E-state index < -0.39 is 0 Å². The fourth-order valence-electron chi connectivity index (χ4n) is 2.08. The first-order valence-corrected chi connectivity index (χ1v) is 6.42. The lowest BCUT2D eigenvalue weighted by molar-refractivity contribution is 0.233. The number of hydrogen-bond acceptors (Lipinski definition) is 3. The highest BCUT2D eigenvalue weighted by molar-refractivity contribution is 5.20. The molecule has 1 rings (SSSR count). The molecule has 0 saturated heterocycles. The number of nitriles is 1. The summed E-state index contributed by atoms with van der Waals surface area (Å²) in [5, 5.41) is 8.98. The molecule has 98 valence electrons. The van der Waals surface area contributed by atoms with E-state index in [1.807, 2.05) is 18.2 Å². The number of benzene rings is 1. The lowest BCUT2D eigenvalue weighted by atomic mass is 10.0. The van der Waals surface area contributed by atoms with Crippen molar-refractivity contribution in [3.63, 3.8) is 0 Å². The maximum atomic E-state index is 8.98. The summed E-state index contributed by atoms with van der Waals surface area (Å²) in [7, 11) is 6.28. The SMILES string of the molecule is CN(C)CCCN(C)C(CC#N)c1ccccc1. The van der Waals surface area contributed by atoms with Gasteiger partial charge in [-0.15, -0.1) is 0 Å². The van der Waals surface area contributed by atoms with Crippen molar-refractivity contribution in [2.45, 2.75) is 18.9 Å².